The molecule has 0 saturated carbocycles. The van der Waals surface area contributed by atoms with Crippen LogP contribution in [-0.4, -0.2) is 19.1 Å². The Morgan fingerprint density at radius 3 is 1.75 bits per heavy atom. The zero-order valence-electron chi connectivity index (χ0n) is 24.3. The molecule has 5 heteroatoms. The molecule has 0 aliphatic carbocycles. The molecule has 4 aromatic heterocycles. The molecule has 0 spiro atoms. The van der Waals surface area contributed by atoms with Crippen molar-refractivity contribution in [1.29, 1.82) is 0 Å². The standard InChI is InChI=1S/C39H30N4O/c1-2-8-26-20-21-40-39(22-26)43-35-13-7-5-11-31(35)33-18-16-29(24-37(33)43)44-28-15-17-32-30-10-4-6-12-34(30)42(36(32)23-28)38-19-14-27(9-3-1)25-41-38/h4-7,10-25H,1-3,8-9H2. The molecule has 0 radical (unpaired) electrons. The summed E-state index contributed by atoms with van der Waals surface area (Å²) in [5.41, 5.74) is 7.03. The third kappa shape index (κ3) is 4.08. The summed E-state index contributed by atoms with van der Waals surface area (Å²) in [6.45, 7) is 0. The Balaban J connectivity index is 1.26. The van der Waals surface area contributed by atoms with E-state index in [0.29, 0.717) is 0 Å². The number of aryl methyl sites for hydroxylation is 2. The molecule has 4 aromatic carbocycles. The van der Waals surface area contributed by atoms with Gasteiger partial charge in [-0.2, -0.15) is 0 Å². The van der Waals surface area contributed by atoms with Gasteiger partial charge >= 0.3 is 0 Å². The first kappa shape index (κ1) is 25.1. The maximum Gasteiger partial charge on any atom is 0.137 e. The molecular weight excluding hydrogens is 540 g/mol. The Kier molecular flexibility index (Phi) is 5.76. The van der Waals surface area contributed by atoms with Crippen LogP contribution in [0.2, 0.25) is 0 Å². The van der Waals surface area contributed by atoms with E-state index in [0.717, 1.165) is 70.9 Å². The summed E-state index contributed by atoms with van der Waals surface area (Å²) in [6, 6.07) is 38.6. The number of para-hydroxylation sites is 2. The highest BCUT2D eigenvalue weighted by Crippen LogP contribution is 2.37. The number of pyridine rings is 2. The first-order chi connectivity index (χ1) is 21.8. The summed E-state index contributed by atoms with van der Waals surface area (Å²) in [5, 5.41) is 4.78. The lowest BCUT2D eigenvalue weighted by Crippen LogP contribution is -1.99. The van der Waals surface area contributed by atoms with Crippen LogP contribution in [0.4, 0.5) is 0 Å². The highest BCUT2D eigenvalue weighted by Gasteiger charge is 2.17. The van der Waals surface area contributed by atoms with E-state index in [2.05, 4.69) is 118 Å². The predicted molar refractivity (Wildman–Crippen MR) is 178 cm³/mol. The Morgan fingerprint density at radius 1 is 0.477 bits per heavy atom. The number of hydrogen-bond donors (Lipinski definition) is 0. The highest BCUT2D eigenvalue weighted by atomic mass is 16.5. The zero-order chi connectivity index (χ0) is 29.0. The van der Waals surface area contributed by atoms with E-state index < -0.39 is 0 Å². The lowest BCUT2D eigenvalue weighted by molar-refractivity contribution is 0.484. The van der Waals surface area contributed by atoms with Crippen molar-refractivity contribution < 1.29 is 4.74 Å². The first-order valence-corrected chi connectivity index (χ1v) is 15.5. The Labute approximate surface area is 255 Å². The van der Waals surface area contributed by atoms with Gasteiger partial charge in [0.1, 0.15) is 23.1 Å². The van der Waals surface area contributed by atoms with Crippen molar-refractivity contribution in [3.63, 3.8) is 0 Å². The molecule has 2 aliphatic rings. The third-order valence-corrected chi connectivity index (χ3v) is 9.03. The minimum atomic E-state index is 0.784. The monoisotopic (exact) mass is 570 g/mol. The maximum atomic E-state index is 6.61. The summed E-state index contributed by atoms with van der Waals surface area (Å²) in [7, 11) is 0. The van der Waals surface area contributed by atoms with Crippen molar-refractivity contribution in [3.05, 3.63) is 133 Å². The summed E-state index contributed by atoms with van der Waals surface area (Å²) in [4.78, 5) is 9.81. The van der Waals surface area contributed by atoms with Crippen LogP contribution in [0.3, 0.4) is 0 Å². The van der Waals surface area contributed by atoms with E-state index in [1.807, 2.05) is 12.4 Å². The predicted octanol–water partition coefficient (Wildman–Crippen LogP) is 9.73. The van der Waals surface area contributed by atoms with Gasteiger partial charge < -0.3 is 4.74 Å². The lowest BCUT2D eigenvalue weighted by Gasteiger charge is -2.11. The normalized spacial score (nSPS) is 13.6. The number of nitrogens with zero attached hydrogens (tertiary/aromatic N) is 4. The van der Waals surface area contributed by atoms with E-state index in [9.17, 15) is 0 Å². The van der Waals surface area contributed by atoms with E-state index in [1.165, 1.54) is 39.1 Å². The van der Waals surface area contributed by atoms with Crippen LogP contribution < -0.4 is 4.74 Å². The highest BCUT2D eigenvalue weighted by molar-refractivity contribution is 6.10. The number of benzene rings is 4. The van der Waals surface area contributed by atoms with Crippen LogP contribution in [0.15, 0.2) is 122 Å². The van der Waals surface area contributed by atoms with Gasteiger partial charge in [0.05, 0.1) is 22.1 Å². The number of rotatable bonds is 0. The molecule has 10 rings (SSSR count). The van der Waals surface area contributed by atoms with E-state index in [1.54, 1.807) is 0 Å². The molecular formula is C39H30N4O. The average molecular weight is 571 g/mol. The van der Waals surface area contributed by atoms with Crippen LogP contribution in [0.1, 0.15) is 30.4 Å². The summed E-state index contributed by atoms with van der Waals surface area (Å²) in [6.07, 6.45) is 9.51. The number of hydrogen-bond acceptors (Lipinski definition) is 3. The smallest absolute Gasteiger partial charge is 0.137 e. The second kappa shape index (κ2) is 10.1. The lowest BCUT2D eigenvalue weighted by atomic mass is 10.0. The second-order valence-electron chi connectivity index (χ2n) is 11.8. The van der Waals surface area contributed by atoms with Crippen molar-refractivity contribution in [3.8, 4) is 23.1 Å². The van der Waals surface area contributed by atoms with Crippen molar-refractivity contribution in [2.24, 2.45) is 0 Å². The van der Waals surface area contributed by atoms with Crippen LogP contribution >= 0.6 is 0 Å². The Morgan fingerprint density at radius 2 is 1.09 bits per heavy atom. The Bertz CT molecular complexity index is 2350. The van der Waals surface area contributed by atoms with Gasteiger partial charge in [0.2, 0.25) is 0 Å². The van der Waals surface area contributed by atoms with Crippen molar-refractivity contribution >= 4 is 43.6 Å². The maximum absolute atomic E-state index is 6.61. The zero-order valence-corrected chi connectivity index (χ0v) is 24.3. The number of fused-ring (bicyclic) bond motifs is 10. The quantitative estimate of drug-likeness (QED) is 0.182. The van der Waals surface area contributed by atoms with Crippen molar-refractivity contribution in [1.82, 2.24) is 19.1 Å². The average Bonchev–Trinajstić information content (AvgIpc) is 3.57. The molecule has 2 aliphatic heterocycles. The van der Waals surface area contributed by atoms with Crippen molar-refractivity contribution in [2.75, 3.05) is 0 Å². The molecule has 0 N–H and O–H groups in total. The largest absolute Gasteiger partial charge is 0.457 e. The van der Waals surface area contributed by atoms with Gasteiger partial charge in [-0.1, -0.05) is 48.9 Å². The summed E-state index contributed by atoms with van der Waals surface area (Å²) >= 11 is 0. The molecule has 8 bridgehead atoms. The van der Waals surface area contributed by atoms with Gasteiger partial charge in [-0.05, 0) is 91.4 Å². The van der Waals surface area contributed by atoms with E-state index in [-0.39, 0.29) is 0 Å². The molecule has 0 atom stereocenters. The van der Waals surface area contributed by atoms with E-state index >= 15 is 0 Å². The molecule has 44 heavy (non-hydrogen) atoms. The molecule has 212 valence electrons. The van der Waals surface area contributed by atoms with Gasteiger partial charge in [0.25, 0.3) is 0 Å². The molecule has 0 unspecified atom stereocenters. The third-order valence-electron chi connectivity index (χ3n) is 9.03. The number of aromatic nitrogens is 4. The minimum Gasteiger partial charge on any atom is -0.457 e. The molecule has 0 saturated heterocycles. The van der Waals surface area contributed by atoms with Crippen LogP contribution in [0, 0.1) is 0 Å². The first-order valence-electron chi connectivity index (χ1n) is 15.5. The molecule has 5 nitrogen and oxygen atoms in total. The van der Waals surface area contributed by atoms with Crippen LogP contribution in [-0.2, 0) is 12.8 Å². The van der Waals surface area contributed by atoms with Crippen LogP contribution in [0.5, 0.6) is 11.5 Å². The molecule has 8 aromatic rings. The Hall–Kier alpha value is -5.42. The van der Waals surface area contributed by atoms with Crippen LogP contribution in [0.25, 0.3) is 55.2 Å². The molecule has 0 amide bonds. The van der Waals surface area contributed by atoms with Gasteiger partial charge in [-0.3, -0.25) is 9.13 Å². The molecule has 0 fully saturated rings. The van der Waals surface area contributed by atoms with Gasteiger partial charge in [0, 0.05) is 46.1 Å². The van der Waals surface area contributed by atoms with Gasteiger partial charge in [-0.25, -0.2) is 9.97 Å². The fraction of sp³-hybridized carbons (Fsp3) is 0.128. The van der Waals surface area contributed by atoms with E-state index in [4.69, 9.17) is 14.7 Å². The van der Waals surface area contributed by atoms with Gasteiger partial charge in [-0.15, -0.1) is 0 Å². The summed E-state index contributed by atoms with van der Waals surface area (Å²) in [5.74, 6) is 3.42. The van der Waals surface area contributed by atoms with Crippen molar-refractivity contribution in [2.45, 2.75) is 32.1 Å². The number of ether oxygens (including phenoxy) is 1. The molecule has 6 heterocycles. The van der Waals surface area contributed by atoms with Gasteiger partial charge in [0.15, 0.2) is 0 Å². The minimum absolute atomic E-state index is 0.784. The SMILES string of the molecule is c1ccc2c(c1)c1ccc3cc1n2-c1ccc(cn1)CCCCCc1ccnc(c1)-n1c2ccccc2c2ccc(cc21)O3. The topological polar surface area (TPSA) is 44.9 Å². The fourth-order valence-corrected chi connectivity index (χ4v) is 6.93. The summed E-state index contributed by atoms with van der Waals surface area (Å²) < 4.78 is 11.1. The fourth-order valence-electron chi connectivity index (χ4n) is 6.93. The second-order valence-corrected chi connectivity index (χ2v) is 11.8.